The van der Waals surface area contributed by atoms with Gasteiger partial charge in [-0.15, -0.1) is 0 Å². The molecule has 0 radical (unpaired) electrons. The van der Waals surface area contributed by atoms with Gasteiger partial charge in [0.05, 0.1) is 11.9 Å². The summed E-state index contributed by atoms with van der Waals surface area (Å²) in [5.74, 6) is -0.701. The fourth-order valence-corrected chi connectivity index (χ4v) is 5.15. The van der Waals surface area contributed by atoms with E-state index >= 15 is 0 Å². The van der Waals surface area contributed by atoms with Crippen LogP contribution in [0.5, 0.6) is 0 Å². The summed E-state index contributed by atoms with van der Waals surface area (Å²) in [6.45, 7) is 7.31. The van der Waals surface area contributed by atoms with Gasteiger partial charge >= 0.3 is 0 Å². The molecular formula is C28H35N3O4S. The van der Waals surface area contributed by atoms with Crippen molar-refractivity contribution in [1.82, 2.24) is 10.2 Å². The average Bonchev–Trinajstić information content (AvgIpc) is 2.82. The standard InChI is InChI=1S/C28H35N3O4S/c1-6-25(28(33)29-20(2)3)30(18-23-14-8-7-12-21(23)4)27(32)19-31(36(5,34)35)26-17-11-15-22-13-9-10-16-24(22)26/h7-17,20,25H,6,18-19H2,1-5H3,(H,29,33)/t25-/m0/s1. The minimum atomic E-state index is -3.81. The number of fused-ring (bicyclic) bond motifs is 1. The van der Waals surface area contributed by atoms with Gasteiger partial charge in [0, 0.05) is 18.0 Å². The fourth-order valence-electron chi connectivity index (χ4n) is 4.29. The molecule has 0 aliphatic heterocycles. The van der Waals surface area contributed by atoms with Gasteiger partial charge < -0.3 is 10.2 Å². The normalized spacial score (nSPS) is 12.4. The number of hydrogen-bond donors (Lipinski definition) is 1. The highest BCUT2D eigenvalue weighted by molar-refractivity contribution is 7.92. The number of nitrogens with zero attached hydrogens (tertiary/aromatic N) is 2. The monoisotopic (exact) mass is 509 g/mol. The van der Waals surface area contributed by atoms with E-state index < -0.39 is 28.5 Å². The number of carbonyl (C=O) groups is 2. The number of aryl methyl sites for hydroxylation is 1. The number of benzene rings is 3. The molecule has 0 heterocycles. The van der Waals surface area contributed by atoms with Gasteiger partial charge in [-0.1, -0.05) is 67.6 Å². The third-order valence-electron chi connectivity index (χ3n) is 6.13. The van der Waals surface area contributed by atoms with Crippen molar-refractivity contribution in [3.8, 4) is 0 Å². The number of sulfonamides is 1. The van der Waals surface area contributed by atoms with E-state index in [1.165, 1.54) is 4.90 Å². The van der Waals surface area contributed by atoms with Gasteiger partial charge in [0.2, 0.25) is 21.8 Å². The van der Waals surface area contributed by atoms with Crippen LogP contribution in [-0.2, 0) is 26.2 Å². The first-order valence-electron chi connectivity index (χ1n) is 12.1. The van der Waals surface area contributed by atoms with Gasteiger partial charge in [-0.2, -0.15) is 0 Å². The zero-order valence-electron chi connectivity index (χ0n) is 21.6. The molecule has 0 saturated heterocycles. The molecule has 1 N–H and O–H groups in total. The molecule has 2 amide bonds. The van der Waals surface area contributed by atoms with Gasteiger partial charge in [0.25, 0.3) is 0 Å². The molecule has 36 heavy (non-hydrogen) atoms. The molecule has 3 aromatic rings. The first-order valence-corrected chi connectivity index (χ1v) is 14.0. The molecule has 1 atom stereocenters. The van der Waals surface area contributed by atoms with Crippen LogP contribution in [0.1, 0.15) is 38.3 Å². The number of nitrogens with one attached hydrogen (secondary N) is 1. The topological polar surface area (TPSA) is 86.8 Å². The van der Waals surface area contributed by atoms with E-state index in [1.807, 2.05) is 82.3 Å². The van der Waals surface area contributed by atoms with Crippen LogP contribution in [0.2, 0.25) is 0 Å². The molecule has 8 heteroatoms. The van der Waals surface area contributed by atoms with E-state index in [9.17, 15) is 18.0 Å². The number of anilines is 1. The van der Waals surface area contributed by atoms with Crippen molar-refractivity contribution >= 4 is 38.3 Å². The highest BCUT2D eigenvalue weighted by atomic mass is 32.2. The predicted molar refractivity (Wildman–Crippen MR) is 145 cm³/mol. The predicted octanol–water partition coefficient (Wildman–Crippen LogP) is 4.25. The number of rotatable bonds is 10. The molecule has 0 spiro atoms. The van der Waals surface area contributed by atoms with E-state index in [2.05, 4.69) is 5.32 Å². The molecule has 0 aliphatic rings. The molecule has 0 saturated carbocycles. The summed E-state index contributed by atoms with van der Waals surface area (Å²) in [6.07, 6.45) is 1.49. The van der Waals surface area contributed by atoms with E-state index in [1.54, 1.807) is 12.1 Å². The van der Waals surface area contributed by atoms with Crippen LogP contribution in [-0.4, -0.2) is 50.0 Å². The Morgan fingerprint density at radius 1 is 0.944 bits per heavy atom. The fraction of sp³-hybridized carbons (Fsp3) is 0.357. The zero-order chi connectivity index (χ0) is 26.5. The lowest BCUT2D eigenvalue weighted by atomic mass is 10.1. The SMILES string of the molecule is CC[C@@H](C(=O)NC(C)C)N(Cc1ccccc1C)C(=O)CN(c1cccc2ccccc12)S(C)(=O)=O. The smallest absolute Gasteiger partial charge is 0.244 e. The van der Waals surface area contributed by atoms with Crippen molar-refractivity contribution in [3.05, 3.63) is 77.9 Å². The molecule has 3 rings (SSSR count). The Kier molecular flexibility index (Phi) is 8.74. The number of carbonyl (C=O) groups excluding carboxylic acids is 2. The van der Waals surface area contributed by atoms with Gasteiger partial charge in [0.1, 0.15) is 12.6 Å². The largest absolute Gasteiger partial charge is 0.352 e. The van der Waals surface area contributed by atoms with E-state index in [0.717, 1.165) is 32.5 Å². The quantitative estimate of drug-likeness (QED) is 0.443. The second kappa shape index (κ2) is 11.6. The second-order valence-corrected chi connectivity index (χ2v) is 11.2. The number of hydrogen-bond acceptors (Lipinski definition) is 4. The lowest BCUT2D eigenvalue weighted by molar-refractivity contribution is -0.140. The van der Waals surface area contributed by atoms with E-state index in [-0.39, 0.29) is 18.5 Å². The minimum absolute atomic E-state index is 0.0924. The Bertz CT molecular complexity index is 1330. The van der Waals surface area contributed by atoms with E-state index in [4.69, 9.17) is 0 Å². The Balaban J connectivity index is 2.04. The molecule has 0 aromatic heterocycles. The zero-order valence-corrected chi connectivity index (χ0v) is 22.4. The maximum Gasteiger partial charge on any atom is 0.244 e. The third kappa shape index (κ3) is 6.43. The van der Waals surface area contributed by atoms with Crippen molar-refractivity contribution in [2.24, 2.45) is 0 Å². The van der Waals surface area contributed by atoms with Crippen LogP contribution in [0, 0.1) is 6.92 Å². The Morgan fingerprint density at radius 2 is 1.58 bits per heavy atom. The summed E-state index contributed by atoms with van der Waals surface area (Å²) in [5.41, 5.74) is 2.32. The number of amides is 2. The van der Waals surface area contributed by atoms with Gasteiger partial charge in [0.15, 0.2) is 0 Å². The molecule has 7 nitrogen and oxygen atoms in total. The second-order valence-electron chi connectivity index (χ2n) is 9.30. The first-order chi connectivity index (χ1) is 17.0. The van der Waals surface area contributed by atoms with Gasteiger partial charge in [-0.25, -0.2) is 8.42 Å². The molecule has 192 valence electrons. The van der Waals surface area contributed by atoms with Crippen LogP contribution in [0.25, 0.3) is 10.8 Å². The summed E-state index contributed by atoms with van der Waals surface area (Å²) < 4.78 is 27.0. The molecule has 0 bridgehead atoms. The van der Waals surface area contributed by atoms with Crippen LogP contribution < -0.4 is 9.62 Å². The van der Waals surface area contributed by atoms with Crippen molar-refractivity contribution in [3.63, 3.8) is 0 Å². The molecule has 0 aliphatic carbocycles. The summed E-state index contributed by atoms with van der Waals surface area (Å²) >= 11 is 0. The summed E-state index contributed by atoms with van der Waals surface area (Å²) in [6, 6.07) is 19.7. The van der Waals surface area contributed by atoms with Crippen LogP contribution >= 0.6 is 0 Å². The minimum Gasteiger partial charge on any atom is -0.352 e. The first kappa shape index (κ1) is 27.2. The van der Waals surface area contributed by atoms with Gasteiger partial charge in [-0.05, 0) is 49.8 Å². The lowest BCUT2D eigenvalue weighted by Gasteiger charge is -2.33. The van der Waals surface area contributed by atoms with Gasteiger partial charge in [-0.3, -0.25) is 13.9 Å². The maximum absolute atomic E-state index is 13.9. The molecule has 0 fully saturated rings. The Hall–Kier alpha value is -3.39. The van der Waals surface area contributed by atoms with Crippen molar-refractivity contribution in [2.75, 3.05) is 17.1 Å². The van der Waals surface area contributed by atoms with Crippen LogP contribution in [0.3, 0.4) is 0 Å². The summed E-state index contributed by atoms with van der Waals surface area (Å²) in [4.78, 5) is 28.5. The lowest BCUT2D eigenvalue weighted by Crippen LogP contribution is -2.53. The van der Waals surface area contributed by atoms with Crippen molar-refractivity contribution in [2.45, 2.75) is 52.7 Å². The maximum atomic E-state index is 13.9. The summed E-state index contributed by atoms with van der Waals surface area (Å²) in [7, 11) is -3.81. The van der Waals surface area contributed by atoms with Crippen LogP contribution in [0.4, 0.5) is 5.69 Å². The Morgan fingerprint density at radius 3 is 2.22 bits per heavy atom. The molecule has 3 aromatic carbocycles. The summed E-state index contributed by atoms with van der Waals surface area (Å²) in [5, 5.41) is 4.51. The average molecular weight is 510 g/mol. The van der Waals surface area contributed by atoms with Crippen molar-refractivity contribution in [1.29, 1.82) is 0 Å². The molecule has 0 unspecified atom stereocenters. The highest BCUT2D eigenvalue weighted by Gasteiger charge is 2.32. The molecular weight excluding hydrogens is 474 g/mol. The van der Waals surface area contributed by atoms with Crippen molar-refractivity contribution < 1.29 is 18.0 Å². The third-order valence-corrected chi connectivity index (χ3v) is 7.26. The van der Waals surface area contributed by atoms with Crippen LogP contribution in [0.15, 0.2) is 66.7 Å². The van der Waals surface area contributed by atoms with E-state index in [0.29, 0.717) is 12.1 Å². The highest BCUT2D eigenvalue weighted by Crippen LogP contribution is 2.29. The Labute approximate surface area is 214 Å².